The molecule has 0 aromatic carbocycles. The molecule has 2 bridgehead atoms. The first-order valence-corrected chi connectivity index (χ1v) is 11.2. The van der Waals surface area contributed by atoms with E-state index in [2.05, 4.69) is 35.6 Å². The number of ether oxygens (including phenoxy) is 2. The zero-order valence-electron chi connectivity index (χ0n) is 11.6. The van der Waals surface area contributed by atoms with Gasteiger partial charge < -0.3 is 9.47 Å². The lowest BCUT2D eigenvalue weighted by Gasteiger charge is -2.30. The van der Waals surface area contributed by atoms with Crippen molar-refractivity contribution in [1.82, 2.24) is 0 Å². The Kier molecular flexibility index (Phi) is 2.92. The van der Waals surface area contributed by atoms with Gasteiger partial charge in [0, 0.05) is 14.0 Å². The highest BCUT2D eigenvalue weighted by atomic mass is 79.9. The molecule has 0 spiro atoms. The van der Waals surface area contributed by atoms with Crippen molar-refractivity contribution < 1.29 is 19.1 Å². The van der Waals surface area contributed by atoms with Crippen LogP contribution in [0.25, 0.3) is 0 Å². The van der Waals surface area contributed by atoms with Crippen LogP contribution < -0.4 is 0 Å². The number of fused-ring (bicyclic) bond motifs is 1. The predicted molar refractivity (Wildman–Crippen MR) is 75.7 cm³/mol. The van der Waals surface area contributed by atoms with Gasteiger partial charge >= 0.3 is 11.9 Å². The monoisotopic (exact) mass is 346 g/mol. The molecule has 19 heavy (non-hydrogen) atoms. The molecule has 0 radical (unpaired) electrons. The Morgan fingerprint density at radius 1 is 1.32 bits per heavy atom. The van der Waals surface area contributed by atoms with E-state index < -0.39 is 8.07 Å². The van der Waals surface area contributed by atoms with E-state index in [4.69, 9.17) is 9.47 Å². The van der Waals surface area contributed by atoms with E-state index in [0.717, 1.165) is 0 Å². The topological polar surface area (TPSA) is 52.6 Å². The molecule has 0 N–H and O–H groups in total. The number of hydrogen-bond acceptors (Lipinski definition) is 4. The number of esters is 2. The van der Waals surface area contributed by atoms with Gasteiger partial charge in [-0.05, 0) is 11.5 Å². The van der Waals surface area contributed by atoms with Gasteiger partial charge in [0.05, 0.1) is 23.8 Å². The quantitative estimate of drug-likeness (QED) is 0.436. The maximum Gasteiger partial charge on any atom is 0.310 e. The molecule has 0 unspecified atom stereocenters. The third kappa shape index (κ3) is 1.62. The zero-order valence-corrected chi connectivity index (χ0v) is 14.1. The molecule has 4 nitrogen and oxygen atoms in total. The lowest BCUT2D eigenvalue weighted by Crippen LogP contribution is -2.38. The van der Waals surface area contributed by atoms with E-state index in [1.165, 1.54) is 7.11 Å². The fraction of sp³-hybridized carbons (Fsp3) is 0.846. The van der Waals surface area contributed by atoms with Crippen LogP contribution in [0.3, 0.4) is 0 Å². The summed E-state index contributed by atoms with van der Waals surface area (Å²) in [6.45, 7) is 6.94. The summed E-state index contributed by atoms with van der Waals surface area (Å²) < 4.78 is 10.5. The number of carbonyl (C=O) groups is 2. The first-order chi connectivity index (χ1) is 8.79. The summed E-state index contributed by atoms with van der Waals surface area (Å²) >= 11 is 3.68. The maximum absolute atomic E-state index is 12.1. The van der Waals surface area contributed by atoms with Gasteiger partial charge in [-0.2, -0.15) is 0 Å². The molecular weight excluding hydrogens is 328 g/mol. The zero-order chi connectivity index (χ0) is 14.1. The van der Waals surface area contributed by atoms with E-state index in [-0.39, 0.29) is 46.5 Å². The van der Waals surface area contributed by atoms with E-state index >= 15 is 0 Å². The maximum atomic E-state index is 12.1. The van der Waals surface area contributed by atoms with Crippen LogP contribution in [0.5, 0.6) is 0 Å². The lowest BCUT2D eigenvalue weighted by molar-refractivity contribution is -0.153. The van der Waals surface area contributed by atoms with Crippen LogP contribution in [-0.2, 0) is 19.1 Å². The van der Waals surface area contributed by atoms with Gasteiger partial charge in [-0.25, -0.2) is 0 Å². The number of methoxy groups -OCH3 is 1. The molecule has 3 rings (SSSR count). The molecule has 0 aromatic heterocycles. The fourth-order valence-electron chi connectivity index (χ4n) is 4.67. The molecule has 3 aliphatic rings. The Labute approximate surface area is 122 Å². The molecule has 0 aromatic rings. The molecule has 7 atom stereocenters. The highest BCUT2D eigenvalue weighted by Crippen LogP contribution is 2.68. The summed E-state index contributed by atoms with van der Waals surface area (Å²) in [7, 11) is -0.0716. The summed E-state index contributed by atoms with van der Waals surface area (Å²) in [6.07, 6.45) is -0.0415. The first-order valence-electron chi connectivity index (χ1n) is 6.71. The summed E-state index contributed by atoms with van der Waals surface area (Å²) in [5, 5.41) is 0. The van der Waals surface area contributed by atoms with Crippen molar-refractivity contribution in [3.05, 3.63) is 0 Å². The van der Waals surface area contributed by atoms with E-state index in [1.807, 2.05) is 0 Å². The Morgan fingerprint density at radius 2 is 1.95 bits per heavy atom. The van der Waals surface area contributed by atoms with Gasteiger partial charge in [0.2, 0.25) is 0 Å². The predicted octanol–water partition coefficient (Wildman–Crippen LogP) is 2.05. The second-order valence-corrected chi connectivity index (χ2v) is 13.4. The summed E-state index contributed by atoms with van der Waals surface area (Å²) in [4.78, 5) is 24.3. The molecule has 6 heteroatoms. The number of alkyl halides is 1. The minimum Gasteiger partial charge on any atom is -0.469 e. The molecular formula is C13H19BrO4Si. The minimum atomic E-state index is -1.47. The Morgan fingerprint density at radius 3 is 2.47 bits per heavy atom. The molecule has 1 heterocycles. The van der Waals surface area contributed by atoms with Crippen molar-refractivity contribution in [2.75, 3.05) is 7.11 Å². The highest BCUT2D eigenvalue weighted by Gasteiger charge is 2.74. The van der Waals surface area contributed by atoms with Crippen molar-refractivity contribution >= 4 is 35.9 Å². The first kappa shape index (κ1) is 13.6. The third-order valence-corrected chi connectivity index (χ3v) is 9.01. The van der Waals surface area contributed by atoms with Crippen molar-refractivity contribution in [3.63, 3.8) is 0 Å². The van der Waals surface area contributed by atoms with Gasteiger partial charge in [-0.3, -0.25) is 9.59 Å². The molecule has 2 saturated carbocycles. The van der Waals surface area contributed by atoms with Gasteiger partial charge in [-0.1, -0.05) is 35.6 Å². The van der Waals surface area contributed by atoms with Crippen molar-refractivity contribution in [2.45, 2.75) is 36.1 Å². The smallest absolute Gasteiger partial charge is 0.310 e. The van der Waals surface area contributed by atoms with Gasteiger partial charge in [-0.15, -0.1) is 0 Å². The summed E-state index contributed by atoms with van der Waals surface area (Å²) in [6, 6.07) is 0. The molecule has 106 valence electrons. The van der Waals surface area contributed by atoms with E-state index in [1.54, 1.807) is 0 Å². The van der Waals surface area contributed by atoms with Crippen LogP contribution >= 0.6 is 15.9 Å². The van der Waals surface area contributed by atoms with Crippen LogP contribution in [0.1, 0.15) is 0 Å². The van der Waals surface area contributed by atoms with E-state index in [9.17, 15) is 9.59 Å². The summed E-state index contributed by atoms with van der Waals surface area (Å²) in [5.41, 5.74) is 0.447. The Bertz CT molecular complexity index is 446. The van der Waals surface area contributed by atoms with Gasteiger partial charge in [0.1, 0.15) is 6.10 Å². The van der Waals surface area contributed by atoms with Gasteiger partial charge in [0.25, 0.3) is 0 Å². The molecule has 2 aliphatic carbocycles. The molecule has 3 fully saturated rings. The fourth-order valence-corrected chi connectivity index (χ4v) is 9.19. The highest BCUT2D eigenvalue weighted by molar-refractivity contribution is 9.09. The second kappa shape index (κ2) is 4.07. The number of halogens is 1. The van der Waals surface area contributed by atoms with Gasteiger partial charge in [0.15, 0.2) is 0 Å². The Hall–Kier alpha value is -0.363. The average Bonchev–Trinajstić information content (AvgIpc) is 2.88. The Balaban J connectivity index is 2.07. The van der Waals surface area contributed by atoms with Crippen LogP contribution in [-0.4, -0.2) is 38.1 Å². The van der Waals surface area contributed by atoms with Crippen molar-refractivity contribution in [3.8, 4) is 0 Å². The standard InChI is InChI=1S/C13H19BrO4Si/c1-17-12(15)5-6-8-10(18-13(6)16)9(14)7(5)11(8)19(2,3)4/h5-11H,1-4H3/t5-,6-,7-,8+,9-,10-,11+/m0/s1. The molecule has 1 aliphatic heterocycles. The third-order valence-electron chi connectivity index (χ3n) is 5.10. The van der Waals surface area contributed by atoms with Crippen LogP contribution in [0.15, 0.2) is 0 Å². The van der Waals surface area contributed by atoms with Crippen molar-refractivity contribution in [2.24, 2.45) is 23.7 Å². The normalized spacial score (nSPS) is 47.4. The largest absolute Gasteiger partial charge is 0.469 e. The SMILES string of the molecule is COC(=O)[C@H]1[C@@H]2C(=O)O[C@@H]3[C@@H](Br)[C@H]1[C@@H]([Si](C)(C)C)[C@@H]32. The number of hydrogen-bond donors (Lipinski definition) is 0. The van der Waals surface area contributed by atoms with E-state index in [0.29, 0.717) is 5.54 Å². The minimum absolute atomic E-state index is 0.0415. The molecule has 1 saturated heterocycles. The average molecular weight is 347 g/mol. The lowest BCUT2D eigenvalue weighted by atomic mass is 9.80. The number of rotatable bonds is 2. The van der Waals surface area contributed by atoms with Crippen LogP contribution in [0.4, 0.5) is 0 Å². The van der Waals surface area contributed by atoms with Crippen LogP contribution in [0, 0.1) is 23.7 Å². The number of carbonyl (C=O) groups excluding carboxylic acids is 2. The molecule has 0 amide bonds. The second-order valence-electron chi connectivity index (χ2n) is 6.97. The van der Waals surface area contributed by atoms with Crippen LogP contribution in [0.2, 0.25) is 25.2 Å². The van der Waals surface area contributed by atoms with Crippen molar-refractivity contribution in [1.29, 1.82) is 0 Å². The summed E-state index contributed by atoms with van der Waals surface area (Å²) in [5.74, 6) is -0.640.